The lowest BCUT2D eigenvalue weighted by atomic mass is 10.2. The molecule has 0 aliphatic heterocycles. The van der Waals surface area contributed by atoms with Crippen molar-refractivity contribution in [3.05, 3.63) is 17.7 Å². The summed E-state index contributed by atoms with van der Waals surface area (Å²) in [4.78, 5) is 0. The first-order chi connectivity index (χ1) is 9.22. The summed E-state index contributed by atoms with van der Waals surface area (Å²) in [5.41, 5.74) is 0.966. The van der Waals surface area contributed by atoms with Crippen LogP contribution in [0.1, 0.15) is 5.56 Å². The largest absolute Gasteiger partial charge is 0.497 e. The minimum absolute atomic E-state index is 0.466. The van der Waals surface area contributed by atoms with Crippen molar-refractivity contribution in [1.29, 1.82) is 0 Å². The van der Waals surface area contributed by atoms with Gasteiger partial charge in [-0.25, -0.2) is 0 Å². The summed E-state index contributed by atoms with van der Waals surface area (Å²) in [6, 6.07) is 3.71. The molecule has 0 aromatic heterocycles. The molecule has 0 radical (unpaired) electrons. The molecule has 0 heterocycles. The van der Waals surface area contributed by atoms with Crippen LogP contribution in [0.25, 0.3) is 0 Å². The van der Waals surface area contributed by atoms with Crippen molar-refractivity contribution in [3.63, 3.8) is 0 Å². The summed E-state index contributed by atoms with van der Waals surface area (Å²) in [6.45, 7) is 4.08. The second-order valence-corrected chi connectivity index (χ2v) is 3.93. The molecule has 0 aliphatic carbocycles. The Morgan fingerprint density at radius 3 is 2.26 bits per heavy atom. The fourth-order valence-electron chi connectivity index (χ4n) is 1.61. The van der Waals surface area contributed by atoms with Crippen LogP contribution in [-0.4, -0.2) is 47.8 Å². The quantitative estimate of drug-likeness (QED) is 0.643. The third-order valence-electron chi connectivity index (χ3n) is 2.58. The van der Waals surface area contributed by atoms with Gasteiger partial charge in [0.2, 0.25) is 0 Å². The van der Waals surface area contributed by atoms with Crippen molar-refractivity contribution in [3.8, 4) is 17.2 Å². The minimum Gasteiger partial charge on any atom is -0.497 e. The molecule has 0 unspecified atom stereocenters. The number of aryl methyl sites for hydroxylation is 1. The van der Waals surface area contributed by atoms with Crippen molar-refractivity contribution >= 4 is 0 Å². The molecule has 1 aromatic rings. The Balaban J connectivity index is 2.52. The van der Waals surface area contributed by atoms with Gasteiger partial charge in [-0.05, 0) is 18.6 Å². The molecule has 0 aliphatic rings. The molecule has 0 atom stereocenters. The molecule has 1 aromatic carbocycles. The summed E-state index contributed by atoms with van der Waals surface area (Å²) in [5.74, 6) is 2.13. The predicted molar refractivity (Wildman–Crippen MR) is 72.5 cm³/mol. The van der Waals surface area contributed by atoms with Gasteiger partial charge in [0, 0.05) is 13.2 Å². The molecule has 0 amide bonds. The van der Waals surface area contributed by atoms with Crippen LogP contribution >= 0.6 is 0 Å². The Hall–Kier alpha value is -1.46. The van der Waals surface area contributed by atoms with Gasteiger partial charge >= 0.3 is 0 Å². The second-order valence-electron chi connectivity index (χ2n) is 3.93. The van der Waals surface area contributed by atoms with Gasteiger partial charge in [0.15, 0.2) is 11.5 Å². The molecule has 5 heteroatoms. The summed E-state index contributed by atoms with van der Waals surface area (Å²) in [7, 11) is 4.87. The van der Waals surface area contributed by atoms with Crippen LogP contribution in [0.15, 0.2) is 12.1 Å². The molecule has 5 nitrogen and oxygen atoms in total. The molecule has 1 rings (SSSR count). The minimum atomic E-state index is 0.466. The summed E-state index contributed by atoms with van der Waals surface area (Å²) >= 11 is 0. The van der Waals surface area contributed by atoms with Crippen LogP contribution in [0.4, 0.5) is 0 Å². The molecule has 19 heavy (non-hydrogen) atoms. The maximum absolute atomic E-state index is 5.69. The molecule has 0 saturated heterocycles. The highest BCUT2D eigenvalue weighted by Crippen LogP contribution is 2.35. The van der Waals surface area contributed by atoms with Crippen molar-refractivity contribution in [2.24, 2.45) is 0 Å². The highest BCUT2D eigenvalue weighted by molar-refractivity contribution is 5.51. The van der Waals surface area contributed by atoms with E-state index in [1.54, 1.807) is 27.4 Å². The van der Waals surface area contributed by atoms with E-state index in [-0.39, 0.29) is 0 Å². The number of methoxy groups -OCH3 is 3. The Bertz CT molecular complexity index is 378. The lowest BCUT2D eigenvalue weighted by Crippen LogP contribution is -2.11. The first-order valence-electron chi connectivity index (χ1n) is 6.15. The van der Waals surface area contributed by atoms with Crippen molar-refractivity contribution < 1.29 is 23.7 Å². The maximum atomic E-state index is 5.69. The summed E-state index contributed by atoms with van der Waals surface area (Å²) in [6.07, 6.45) is 0. The third kappa shape index (κ3) is 4.96. The van der Waals surface area contributed by atoms with Crippen LogP contribution in [0.3, 0.4) is 0 Å². The summed E-state index contributed by atoms with van der Waals surface area (Å²) in [5, 5.41) is 0. The highest BCUT2D eigenvalue weighted by atomic mass is 16.5. The number of hydrogen-bond donors (Lipinski definition) is 0. The van der Waals surface area contributed by atoms with Crippen LogP contribution in [0.2, 0.25) is 0 Å². The zero-order chi connectivity index (χ0) is 14.1. The zero-order valence-corrected chi connectivity index (χ0v) is 12.0. The number of rotatable bonds is 9. The predicted octanol–water partition coefficient (Wildman–Crippen LogP) is 2.05. The van der Waals surface area contributed by atoms with Gasteiger partial charge in [0.25, 0.3) is 0 Å². The molecule has 0 saturated carbocycles. The lowest BCUT2D eigenvalue weighted by Gasteiger charge is -2.14. The van der Waals surface area contributed by atoms with Crippen molar-refractivity contribution in [1.82, 2.24) is 0 Å². The van der Waals surface area contributed by atoms with E-state index >= 15 is 0 Å². The highest BCUT2D eigenvalue weighted by Gasteiger charge is 2.10. The van der Waals surface area contributed by atoms with Crippen LogP contribution in [-0.2, 0) is 9.47 Å². The van der Waals surface area contributed by atoms with Crippen LogP contribution < -0.4 is 14.2 Å². The molecule has 0 spiro atoms. The molecule has 0 N–H and O–H groups in total. The lowest BCUT2D eigenvalue weighted by molar-refractivity contribution is 0.0538. The Morgan fingerprint density at radius 1 is 0.895 bits per heavy atom. The third-order valence-corrected chi connectivity index (χ3v) is 2.58. The SMILES string of the molecule is COCCOCCOc1c(C)cc(OC)cc1OC. The number of ether oxygens (including phenoxy) is 5. The molecule has 108 valence electrons. The van der Waals surface area contributed by atoms with E-state index in [0.29, 0.717) is 32.2 Å². The Kier molecular flexibility index (Phi) is 7.07. The number of hydrogen-bond acceptors (Lipinski definition) is 5. The molecular formula is C14H22O5. The van der Waals surface area contributed by atoms with Crippen molar-refractivity contribution in [2.45, 2.75) is 6.92 Å². The molecule has 0 fully saturated rings. The number of benzene rings is 1. The van der Waals surface area contributed by atoms with Gasteiger partial charge in [0.05, 0.1) is 34.0 Å². The van der Waals surface area contributed by atoms with E-state index in [1.165, 1.54) is 0 Å². The maximum Gasteiger partial charge on any atom is 0.164 e. The van der Waals surface area contributed by atoms with Gasteiger partial charge in [-0.1, -0.05) is 0 Å². The van der Waals surface area contributed by atoms with Crippen molar-refractivity contribution in [2.75, 3.05) is 47.8 Å². The Labute approximate surface area is 114 Å². The van der Waals surface area contributed by atoms with Gasteiger partial charge in [-0.2, -0.15) is 0 Å². The van der Waals surface area contributed by atoms with E-state index in [4.69, 9.17) is 23.7 Å². The topological polar surface area (TPSA) is 46.2 Å². The van der Waals surface area contributed by atoms with Gasteiger partial charge < -0.3 is 23.7 Å². The van der Waals surface area contributed by atoms with E-state index in [9.17, 15) is 0 Å². The monoisotopic (exact) mass is 270 g/mol. The fourth-order valence-corrected chi connectivity index (χ4v) is 1.61. The normalized spacial score (nSPS) is 10.3. The van der Waals surface area contributed by atoms with Gasteiger partial charge in [-0.3, -0.25) is 0 Å². The van der Waals surface area contributed by atoms with Gasteiger partial charge in [-0.15, -0.1) is 0 Å². The standard InChI is InChI=1S/C14H22O5/c1-11-9-12(16-3)10-13(17-4)14(11)19-8-7-18-6-5-15-2/h9-10H,5-8H2,1-4H3. The first kappa shape index (κ1) is 15.6. The van der Waals surface area contributed by atoms with Gasteiger partial charge in [0.1, 0.15) is 12.4 Å². The van der Waals surface area contributed by atoms with E-state index in [2.05, 4.69) is 0 Å². The molecular weight excluding hydrogens is 248 g/mol. The van der Waals surface area contributed by atoms with E-state index in [1.807, 2.05) is 13.0 Å². The zero-order valence-electron chi connectivity index (χ0n) is 12.0. The first-order valence-corrected chi connectivity index (χ1v) is 6.15. The summed E-state index contributed by atoms with van der Waals surface area (Å²) < 4.78 is 26.4. The average molecular weight is 270 g/mol. The second kappa shape index (κ2) is 8.61. The molecule has 0 bridgehead atoms. The smallest absolute Gasteiger partial charge is 0.164 e. The van der Waals surface area contributed by atoms with E-state index in [0.717, 1.165) is 17.1 Å². The fraction of sp³-hybridized carbons (Fsp3) is 0.571. The van der Waals surface area contributed by atoms with E-state index < -0.39 is 0 Å². The average Bonchev–Trinajstić information content (AvgIpc) is 2.43. The van der Waals surface area contributed by atoms with Crippen LogP contribution in [0.5, 0.6) is 17.2 Å². The van der Waals surface area contributed by atoms with Crippen LogP contribution in [0, 0.1) is 6.92 Å². The Morgan fingerprint density at radius 2 is 1.63 bits per heavy atom.